The molecule has 2 heterocycles. The van der Waals surface area contributed by atoms with E-state index < -0.39 is 23.9 Å². The van der Waals surface area contributed by atoms with Gasteiger partial charge in [-0.2, -0.15) is 5.10 Å². The van der Waals surface area contributed by atoms with Gasteiger partial charge in [-0.3, -0.25) is 4.68 Å². The fourth-order valence-corrected chi connectivity index (χ4v) is 2.68. The molecule has 0 spiro atoms. The highest BCUT2D eigenvalue weighted by Crippen LogP contribution is 2.32. The number of nitrogen functional groups attached to an aromatic ring is 1. The summed E-state index contributed by atoms with van der Waals surface area (Å²) in [5, 5.41) is 4.25. The van der Waals surface area contributed by atoms with E-state index in [4.69, 9.17) is 10.5 Å². The largest absolute Gasteiger partial charge is 0.444 e. The Morgan fingerprint density at radius 1 is 1.30 bits per heavy atom. The quantitative estimate of drug-likeness (QED) is 0.861. The predicted octanol–water partition coefficient (Wildman–Crippen LogP) is 2.89. The zero-order valence-corrected chi connectivity index (χ0v) is 14.8. The van der Waals surface area contributed by atoms with Crippen molar-refractivity contribution in [3.8, 4) is 0 Å². The first-order valence-corrected chi connectivity index (χ1v) is 7.86. The Morgan fingerprint density at radius 2 is 1.91 bits per heavy atom. The van der Waals surface area contributed by atoms with E-state index in [0.29, 0.717) is 5.82 Å². The Bertz CT molecular complexity index is 586. The minimum Gasteiger partial charge on any atom is -0.444 e. The molecule has 1 amide bonds. The molecule has 0 aromatic carbocycles. The van der Waals surface area contributed by atoms with Crippen LogP contribution in [-0.2, 0) is 10.2 Å². The van der Waals surface area contributed by atoms with E-state index >= 15 is 0 Å². The number of nitrogens with two attached hydrogens (primary N) is 1. The molecule has 1 unspecified atom stereocenters. The average Bonchev–Trinajstić information content (AvgIpc) is 2.89. The summed E-state index contributed by atoms with van der Waals surface area (Å²) < 4.78 is 21.5. The second-order valence-corrected chi connectivity index (χ2v) is 8.12. The van der Waals surface area contributed by atoms with E-state index in [0.717, 1.165) is 5.69 Å². The number of hydrogen-bond donors (Lipinski definition) is 1. The number of likely N-dealkylation sites (tertiary alicyclic amines) is 1. The van der Waals surface area contributed by atoms with Gasteiger partial charge in [0.25, 0.3) is 0 Å². The molecule has 1 fully saturated rings. The maximum Gasteiger partial charge on any atom is 0.410 e. The van der Waals surface area contributed by atoms with Crippen LogP contribution in [0, 0.1) is 0 Å². The number of anilines is 1. The molecule has 6 nitrogen and oxygen atoms in total. The first-order valence-electron chi connectivity index (χ1n) is 7.86. The highest BCUT2D eigenvalue weighted by Gasteiger charge is 2.40. The number of alkyl halides is 1. The normalized spacial score (nSPS) is 22.5. The molecule has 1 aliphatic rings. The van der Waals surface area contributed by atoms with E-state index in [1.165, 1.54) is 4.90 Å². The van der Waals surface area contributed by atoms with Crippen molar-refractivity contribution in [2.75, 3.05) is 18.8 Å². The van der Waals surface area contributed by atoms with Gasteiger partial charge in [-0.1, -0.05) is 20.8 Å². The third-order valence-corrected chi connectivity index (χ3v) is 3.71. The van der Waals surface area contributed by atoms with Gasteiger partial charge >= 0.3 is 6.09 Å². The van der Waals surface area contributed by atoms with Crippen LogP contribution in [0.5, 0.6) is 0 Å². The van der Waals surface area contributed by atoms with Crippen molar-refractivity contribution in [2.24, 2.45) is 0 Å². The molecule has 7 heteroatoms. The third-order valence-electron chi connectivity index (χ3n) is 3.71. The summed E-state index contributed by atoms with van der Waals surface area (Å²) in [7, 11) is 0. The molecular weight excluding hydrogens is 299 g/mol. The summed E-state index contributed by atoms with van der Waals surface area (Å²) in [5.74, 6) is 0.359. The maximum atomic E-state index is 14.5. The molecule has 23 heavy (non-hydrogen) atoms. The number of carbonyl (C=O) groups excluding carboxylic acids is 1. The molecule has 1 aromatic heterocycles. The number of rotatable bonds is 1. The van der Waals surface area contributed by atoms with Crippen LogP contribution in [0.15, 0.2) is 6.07 Å². The summed E-state index contributed by atoms with van der Waals surface area (Å²) in [6.45, 7) is 11.7. The molecule has 1 saturated heterocycles. The van der Waals surface area contributed by atoms with Crippen LogP contribution >= 0.6 is 0 Å². The van der Waals surface area contributed by atoms with Crippen molar-refractivity contribution in [1.29, 1.82) is 0 Å². The van der Waals surface area contributed by atoms with Crippen LogP contribution in [0.25, 0.3) is 0 Å². The summed E-state index contributed by atoms with van der Waals surface area (Å²) >= 11 is 0. The molecular formula is C16H27FN4O2. The van der Waals surface area contributed by atoms with Gasteiger partial charge in [-0.05, 0) is 20.8 Å². The van der Waals surface area contributed by atoms with Crippen LogP contribution in [0.1, 0.15) is 53.3 Å². The molecule has 1 aliphatic heterocycles. The lowest BCUT2D eigenvalue weighted by molar-refractivity contribution is 0.0281. The van der Waals surface area contributed by atoms with E-state index in [9.17, 15) is 9.18 Å². The second-order valence-electron chi connectivity index (χ2n) is 8.12. The van der Waals surface area contributed by atoms with Gasteiger partial charge in [0.05, 0.1) is 6.54 Å². The Balaban J connectivity index is 2.22. The number of aromatic nitrogens is 2. The highest BCUT2D eigenvalue weighted by atomic mass is 19.1. The summed E-state index contributed by atoms with van der Waals surface area (Å²) in [6, 6.07) is 1.22. The Labute approximate surface area is 136 Å². The molecule has 0 saturated carbocycles. The monoisotopic (exact) mass is 326 g/mol. The predicted molar refractivity (Wildman–Crippen MR) is 87.1 cm³/mol. The Kier molecular flexibility index (Phi) is 4.34. The van der Waals surface area contributed by atoms with Gasteiger partial charge in [0, 0.05) is 23.7 Å². The van der Waals surface area contributed by atoms with Crippen LogP contribution in [-0.4, -0.2) is 45.6 Å². The lowest BCUT2D eigenvalue weighted by Crippen LogP contribution is -2.36. The van der Waals surface area contributed by atoms with Crippen molar-refractivity contribution in [3.05, 3.63) is 11.8 Å². The number of ether oxygens (including phenoxy) is 1. The minimum atomic E-state index is -1.21. The van der Waals surface area contributed by atoms with Crippen LogP contribution < -0.4 is 5.73 Å². The Hall–Kier alpha value is -1.79. The summed E-state index contributed by atoms with van der Waals surface area (Å²) in [6.07, 6.45) is -1.71. The van der Waals surface area contributed by atoms with Gasteiger partial charge < -0.3 is 15.4 Å². The van der Waals surface area contributed by atoms with Gasteiger partial charge in [0.1, 0.15) is 23.6 Å². The molecule has 130 valence electrons. The number of carbonyl (C=O) groups is 1. The van der Waals surface area contributed by atoms with Gasteiger partial charge in [0.15, 0.2) is 0 Å². The average molecular weight is 326 g/mol. The van der Waals surface area contributed by atoms with Crippen LogP contribution in [0.3, 0.4) is 0 Å². The number of hydrogen-bond acceptors (Lipinski definition) is 4. The first-order chi connectivity index (χ1) is 10.4. The zero-order valence-electron chi connectivity index (χ0n) is 14.8. The van der Waals surface area contributed by atoms with Crippen molar-refractivity contribution < 1.29 is 13.9 Å². The van der Waals surface area contributed by atoms with Crippen molar-refractivity contribution in [1.82, 2.24) is 14.7 Å². The molecule has 0 radical (unpaired) electrons. The molecule has 2 N–H and O–H groups in total. The van der Waals surface area contributed by atoms with E-state index in [1.807, 2.05) is 20.8 Å². The lowest BCUT2D eigenvalue weighted by atomic mass is 9.91. The fourth-order valence-electron chi connectivity index (χ4n) is 2.68. The van der Waals surface area contributed by atoms with Crippen molar-refractivity contribution >= 4 is 11.9 Å². The SMILES string of the molecule is CC(C)(C)OC(=O)N1CC(n2nc(N)cc2C(C)(C)C)[C@H](F)C1. The lowest BCUT2D eigenvalue weighted by Gasteiger charge is -2.25. The van der Waals surface area contributed by atoms with E-state index in [1.54, 1.807) is 31.5 Å². The van der Waals surface area contributed by atoms with Crippen LogP contribution in [0.2, 0.25) is 0 Å². The maximum absolute atomic E-state index is 14.5. The molecule has 1 aromatic rings. The third kappa shape index (κ3) is 3.95. The molecule has 2 atom stereocenters. The Morgan fingerprint density at radius 3 is 2.43 bits per heavy atom. The van der Waals surface area contributed by atoms with Crippen molar-refractivity contribution in [2.45, 2.75) is 64.8 Å². The second kappa shape index (κ2) is 5.69. The van der Waals surface area contributed by atoms with Gasteiger partial charge in [-0.15, -0.1) is 0 Å². The van der Waals surface area contributed by atoms with Crippen molar-refractivity contribution in [3.63, 3.8) is 0 Å². The number of nitrogens with zero attached hydrogens (tertiary/aromatic N) is 3. The topological polar surface area (TPSA) is 73.4 Å². The smallest absolute Gasteiger partial charge is 0.410 e. The zero-order chi connectivity index (χ0) is 17.6. The minimum absolute atomic E-state index is 0.00290. The number of halogens is 1. The summed E-state index contributed by atoms with van der Waals surface area (Å²) in [5.41, 5.74) is 5.84. The molecule has 0 bridgehead atoms. The number of amides is 1. The molecule has 0 aliphatic carbocycles. The standard InChI is InChI=1S/C16H27FN4O2/c1-15(2,3)12-7-13(18)19-21(12)11-9-20(8-10(11)17)14(22)23-16(4,5)6/h7,10-11H,8-9H2,1-6H3,(H2,18,19)/t10-,11?/m1/s1. The molecule has 2 rings (SSSR count). The van der Waals surface area contributed by atoms with Crippen LogP contribution in [0.4, 0.5) is 15.0 Å². The summed E-state index contributed by atoms with van der Waals surface area (Å²) in [4.78, 5) is 13.5. The van der Waals surface area contributed by atoms with Gasteiger partial charge in [-0.25, -0.2) is 9.18 Å². The highest BCUT2D eigenvalue weighted by molar-refractivity contribution is 5.68. The van der Waals surface area contributed by atoms with E-state index in [2.05, 4.69) is 5.10 Å². The first kappa shape index (κ1) is 17.6. The fraction of sp³-hybridized carbons (Fsp3) is 0.750. The van der Waals surface area contributed by atoms with Gasteiger partial charge in [0.2, 0.25) is 0 Å². The van der Waals surface area contributed by atoms with E-state index in [-0.39, 0.29) is 18.5 Å².